The number of hydrogen-bond donors (Lipinski definition) is 4. The Bertz CT molecular complexity index is 581. The minimum Gasteiger partial charge on any atom is -0.480 e. The van der Waals surface area contributed by atoms with E-state index in [-0.39, 0.29) is 0 Å². The quantitative estimate of drug-likeness (QED) is 0.438. The molecule has 1 rings (SSSR count). The van der Waals surface area contributed by atoms with Crippen LogP contribution in [0.25, 0.3) is 0 Å². The van der Waals surface area contributed by atoms with Gasteiger partial charge in [-0.2, -0.15) is 8.42 Å². The first-order valence-corrected chi connectivity index (χ1v) is 6.55. The molecular weight excluding hydrogens is 276 g/mol. The van der Waals surface area contributed by atoms with Gasteiger partial charge >= 0.3 is 5.97 Å². The fraction of sp³-hybridized carbons (Fsp3) is 0.200. The van der Waals surface area contributed by atoms with Gasteiger partial charge in [-0.05, 0) is 24.3 Å². The van der Waals surface area contributed by atoms with E-state index in [1.54, 1.807) is 0 Å². The van der Waals surface area contributed by atoms with E-state index >= 15 is 0 Å². The van der Waals surface area contributed by atoms with Crippen LogP contribution in [-0.4, -0.2) is 35.2 Å². The van der Waals surface area contributed by atoms with Crippen molar-refractivity contribution in [1.29, 1.82) is 0 Å². The van der Waals surface area contributed by atoms with E-state index in [4.69, 9.17) is 15.4 Å². The van der Waals surface area contributed by atoms with E-state index in [1.165, 1.54) is 24.3 Å². The largest absolute Gasteiger partial charge is 0.480 e. The summed E-state index contributed by atoms with van der Waals surface area (Å²) >= 11 is 0. The molecule has 0 radical (unpaired) electrons. The maximum Gasteiger partial charge on any atom is 0.324 e. The van der Waals surface area contributed by atoms with Crippen molar-refractivity contribution < 1.29 is 27.7 Å². The maximum atomic E-state index is 11.5. The number of aliphatic carboxylic acids is 1. The number of rotatable bonds is 5. The van der Waals surface area contributed by atoms with Gasteiger partial charge in [-0.25, -0.2) is 0 Å². The number of carbonyl (C=O) groups excluding carboxylic acids is 1. The first kappa shape index (κ1) is 14.9. The molecule has 104 valence electrons. The van der Waals surface area contributed by atoms with E-state index in [0.717, 1.165) is 0 Å². The second kappa shape index (κ2) is 5.67. The number of nitrogens with one attached hydrogen (secondary N) is 1. The van der Waals surface area contributed by atoms with Gasteiger partial charge in [0, 0.05) is 11.4 Å². The molecule has 1 atom stereocenters. The molecule has 1 aromatic rings. The number of nitrogen functional groups attached to an aromatic ring is 1. The lowest BCUT2D eigenvalue weighted by Gasteiger charge is -2.09. The monoisotopic (exact) mass is 288 g/mol. The average molecular weight is 288 g/mol. The predicted molar refractivity (Wildman–Crippen MR) is 67.1 cm³/mol. The number of anilines is 2. The summed E-state index contributed by atoms with van der Waals surface area (Å²) in [5.41, 5.74) is 6.24. The zero-order chi connectivity index (χ0) is 14.6. The molecular formula is C10H12N2O6S. The zero-order valence-electron chi connectivity index (χ0n) is 9.61. The highest BCUT2D eigenvalue weighted by molar-refractivity contribution is 7.87. The Morgan fingerprint density at radius 3 is 2.21 bits per heavy atom. The maximum absolute atomic E-state index is 11.5. The van der Waals surface area contributed by atoms with E-state index in [1.807, 2.05) is 0 Å². The first-order chi connectivity index (χ1) is 8.70. The van der Waals surface area contributed by atoms with Gasteiger partial charge in [0.25, 0.3) is 10.1 Å². The van der Waals surface area contributed by atoms with Crippen molar-refractivity contribution in [1.82, 2.24) is 0 Å². The van der Waals surface area contributed by atoms with Gasteiger partial charge in [-0.1, -0.05) is 0 Å². The van der Waals surface area contributed by atoms with Gasteiger partial charge in [0.05, 0.1) is 6.42 Å². The summed E-state index contributed by atoms with van der Waals surface area (Å²) < 4.78 is 30.3. The summed E-state index contributed by atoms with van der Waals surface area (Å²) in [5.74, 6) is -2.65. The van der Waals surface area contributed by atoms with Gasteiger partial charge in [0.2, 0.25) is 5.91 Å². The molecule has 1 amide bonds. The number of carboxylic acids is 1. The fourth-order valence-corrected chi connectivity index (χ4v) is 1.88. The van der Waals surface area contributed by atoms with E-state index in [9.17, 15) is 18.0 Å². The molecule has 0 fully saturated rings. The summed E-state index contributed by atoms with van der Waals surface area (Å²) in [4.78, 5) is 22.1. The molecule has 8 nitrogen and oxygen atoms in total. The van der Waals surface area contributed by atoms with E-state index in [0.29, 0.717) is 11.4 Å². The van der Waals surface area contributed by atoms with Crippen LogP contribution < -0.4 is 11.1 Å². The van der Waals surface area contributed by atoms with Crippen LogP contribution in [0.1, 0.15) is 6.42 Å². The predicted octanol–water partition coefficient (Wildman–Crippen LogP) is -0.0616. The molecule has 0 aliphatic rings. The minimum absolute atomic E-state index is 0.332. The van der Waals surface area contributed by atoms with Crippen LogP contribution >= 0.6 is 0 Å². The minimum atomic E-state index is -4.84. The van der Waals surface area contributed by atoms with Crippen LogP contribution in [0, 0.1) is 0 Å². The molecule has 19 heavy (non-hydrogen) atoms. The highest BCUT2D eigenvalue weighted by Gasteiger charge is 2.33. The Kier molecular flexibility index (Phi) is 4.46. The Morgan fingerprint density at radius 2 is 1.79 bits per heavy atom. The molecule has 1 unspecified atom stereocenters. The molecule has 0 spiro atoms. The third-order valence-corrected chi connectivity index (χ3v) is 3.29. The van der Waals surface area contributed by atoms with Crippen molar-refractivity contribution in [3.8, 4) is 0 Å². The average Bonchev–Trinajstić information content (AvgIpc) is 2.27. The smallest absolute Gasteiger partial charge is 0.324 e. The number of hydrogen-bond acceptors (Lipinski definition) is 5. The van der Waals surface area contributed by atoms with Crippen LogP contribution in [0.4, 0.5) is 11.4 Å². The lowest BCUT2D eigenvalue weighted by molar-refractivity contribution is -0.138. The molecule has 0 heterocycles. The summed E-state index contributed by atoms with van der Waals surface area (Å²) in [6, 6.07) is 5.95. The third-order valence-electron chi connectivity index (χ3n) is 2.20. The summed E-state index contributed by atoms with van der Waals surface area (Å²) in [6.45, 7) is 0. The van der Waals surface area contributed by atoms with Crippen molar-refractivity contribution in [2.24, 2.45) is 0 Å². The van der Waals surface area contributed by atoms with Crippen molar-refractivity contribution in [2.75, 3.05) is 11.1 Å². The van der Waals surface area contributed by atoms with Crippen molar-refractivity contribution in [2.45, 2.75) is 11.7 Å². The summed E-state index contributed by atoms with van der Waals surface area (Å²) in [6.07, 6.45) is -0.890. The van der Waals surface area contributed by atoms with Crippen molar-refractivity contribution in [3.05, 3.63) is 24.3 Å². The van der Waals surface area contributed by atoms with Gasteiger partial charge in [0.1, 0.15) is 0 Å². The fourth-order valence-electron chi connectivity index (χ4n) is 1.27. The number of nitrogens with two attached hydrogens (primary N) is 1. The van der Waals surface area contributed by atoms with Gasteiger partial charge in [-0.3, -0.25) is 14.1 Å². The highest BCUT2D eigenvalue weighted by atomic mass is 32.2. The van der Waals surface area contributed by atoms with E-state index in [2.05, 4.69) is 5.32 Å². The van der Waals surface area contributed by atoms with Crippen LogP contribution in [0.2, 0.25) is 0 Å². The van der Waals surface area contributed by atoms with Gasteiger partial charge in [0.15, 0.2) is 5.25 Å². The molecule has 5 N–H and O–H groups in total. The molecule has 0 aliphatic carbocycles. The SMILES string of the molecule is Nc1ccc(NC(=O)CC(C(=O)O)S(=O)(=O)O)cc1. The Balaban J connectivity index is 2.74. The number of carboxylic acid groups (broad SMARTS) is 1. The second-order valence-electron chi connectivity index (χ2n) is 3.72. The Hall–Kier alpha value is -2.13. The first-order valence-electron chi connectivity index (χ1n) is 5.04. The Labute approximate surface area is 109 Å². The molecule has 9 heteroatoms. The van der Waals surface area contributed by atoms with Crippen LogP contribution in [-0.2, 0) is 19.7 Å². The van der Waals surface area contributed by atoms with E-state index < -0.39 is 33.7 Å². The zero-order valence-corrected chi connectivity index (χ0v) is 10.4. The Morgan fingerprint density at radius 1 is 1.26 bits per heavy atom. The molecule has 0 saturated heterocycles. The van der Waals surface area contributed by atoms with Gasteiger partial charge < -0.3 is 16.2 Å². The van der Waals surface area contributed by atoms with Crippen molar-refractivity contribution in [3.63, 3.8) is 0 Å². The summed E-state index contributed by atoms with van der Waals surface area (Å²) in [5, 5.41) is 8.72. The van der Waals surface area contributed by atoms with Crippen LogP contribution in [0.5, 0.6) is 0 Å². The molecule has 0 aromatic heterocycles. The highest BCUT2D eigenvalue weighted by Crippen LogP contribution is 2.12. The molecule has 0 bridgehead atoms. The summed E-state index contributed by atoms with van der Waals surface area (Å²) in [7, 11) is -4.84. The van der Waals surface area contributed by atoms with Crippen molar-refractivity contribution >= 4 is 33.4 Å². The normalized spacial score (nSPS) is 12.7. The lowest BCUT2D eigenvalue weighted by Crippen LogP contribution is -2.33. The number of carbonyl (C=O) groups is 2. The lowest BCUT2D eigenvalue weighted by atomic mass is 10.2. The molecule has 0 saturated carbocycles. The molecule has 0 aliphatic heterocycles. The standard InChI is InChI=1S/C10H12N2O6S/c11-6-1-3-7(4-2-6)12-9(13)5-8(10(14)15)19(16,17)18/h1-4,8H,5,11H2,(H,12,13)(H,14,15)(H,16,17,18). The molecule has 1 aromatic carbocycles. The van der Waals surface area contributed by atoms with Crippen LogP contribution in [0.3, 0.4) is 0 Å². The van der Waals surface area contributed by atoms with Crippen LogP contribution in [0.15, 0.2) is 24.3 Å². The second-order valence-corrected chi connectivity index (χ2v) is 5.32. The topological polar surface area (TPSA) is 147 Å². The third kappa shape index (κ3) is 4.56. The number of benzene rings is 1. The number of amides is 1. The van der Waals surface area contributed by atoms with Gasteiger partial charge in [-0.15, -0.1) is 0 Å².